The highest BCUT2D eigenvalue weighted by atomic mass is 19.1. The third-order valence-corrected chi connectivity index (χ3v) is 4.38. The topological polar surface area (TPSA) is 70.2 Å². The van der Waals surface area contributed by atoms with Crippen LogP contribution < -0.4 is 16.0 Å². The van der Waals surface area contributed by atoms with Crippen LogP contribution in [-0.2, 0) is 9.59 Å². The second-order valence-electron chi connectivity index (χ2n) is 7.13. The molecule has 1 fully saturated rings. The minimum atomic E-state index is -0.623. The lowest BCUT2D eigenvalue weighted by molar-refractivity contribution is -0.122. The van der Waals surface area contributed by atoms with E-state index >= 15 is 0 Å². The zero-order chi connectivity index (χ0) is 19.4. The van der Waals surface area contributed by atoms with Crippen molar-refractivity contribution in [1.29, 1.82) is 0 Å². The summed E-state index contributed by atoms with van der Waals surface area (Å²) in [5, 5.41) is 9.02. The van der Waals surface area contributed by atoms with Crippen molar-refractivity contribution in [2.45, 2.75) is 38.8 Å². The highest BCUT2D eigenvalue weighted by Gasteiger charge is 2.28. The number of benzene rings is 2. The Kier molecular flexibility index (Phi) is 5.74. The summed E-state index contributed by atoms with van der Waals surface area (Å²) in [4.78, 5) is 24.4. The molecule has 5 nitrogen and oxygen atoms in total. The monoisotopic (exact) mass is 369 g/mol. The number of carbonyl (C=O) groups is 2. The van der Waals surface area contributed by atoms with Gasteiger partial charge >= 0.3 is 0 Å². The predicted molar refractivity (Wildman–Crippen MR) is 104 cm³/mol. The van der Waals surface area contributed by atoms with E-state index in [-0.39, 0.29) is 29.6 Å². The number of nitrogens with one attached hydrogen (secondary N) is 3. The first kappa shape index (κ1) is 18.9. The summed E-state index contributed by atoms with van der Waals surface area (Å²) in [6.45, 7) is 3.66. The first-order valence-electron chi connectivity index (χ1n) is 9.15. The third kappa shape index (κ3) is 5.29. The van der Waals surface area contributed by atoms with Crippen LogP contribution in [0.4, 0.5) is 15.8 Å². The molecular formula is C21H24FN3O2. The third-order valence-electron chi connectivity index (χ3n) is 4.38. The Balaban J connectivity index is 1.73. The van der Waals surface area contributed by atoms with Crippen LogP contribution in [0.3, 0.4) is 0 Å². The Bertz CT molecular complexity index is 799. The summed E-state index contributed by atoms with van der Waals surface area (Å²) in [7, 11) is 0. The van der Waals surface area contributed by atoms with Crippen LogP contribution in [-0.4, -0.2) is 17.9 Å². The van der Waals surface area contributed by atoms with Crippen molar-refractivity contribution in [3.05, 3.63) is 59.9 Å². The molecule has 2 aromatic carbocycles. The van der Waals surface area contributed by atoms with Crippen LogP contribution in [0, 0.1) is 11.7 Å². The lowest BCUT2D eigenvalue weighted by atomic mass is 10.1. The van der Waals surface area contributed by atoms with Crippen LogP contribution in [0.15, 0.2) is 48.5 Å². The van der Waals surface area contributed by atoms with Gasteiger partial charge in [-0.25, -0.2) is 4.39 Å². The van der Waals surface area contributed by atoms with E-state index in [2.05, 4.69) is 16.0 Å². The molecule has 2 aromatic rings. The average molecular weight is 369 g/mol. The van der Waals surface area contributed by atoms with Crippen molar-refractivity contribution in [2.24, 2.45) is 5.92 Å². The number of rotatable bonds is 7. The Labute approximate surface area is 158 Å². The van der Waals surface area contributed by atoms with Gasteiger partial charge in [0, 0.05) is 23.3 Å². The smallest absolute Gasteiger partial charge is 0.247 e. The molecule has 1 aliphatic carbocycles. The van der Waals surface area contributed by atoms with E-state index in [1.54, 1.807) is 36.4 Å². The number of hydrogen-bond acceptors (Lipinski definition) is 3. The maximum Gasteiger partial charge on any atom is 0.247 e. The second-order valence-corrected chi connectivity index (χ2v) is 7.13. The first-order chi connectivity index (χ1) is 12.9. The maximum atomic E-state index is 13.2. The number of hydrogen-bond donors (Lipinski definition) is 3. The molecule has 0 saturated heterocycles. The molecule has 3 N–H and O–H groups in total. The van der Waals surface area contributed by atoms with Crippen molar-refractivity contribution in [1.82, 2.24) is 5.32 Å². The predicted octanol–water partition coefficient (Wildman–Crippen LogP) is 3.85. The van der Waals surface area contributed by atoms with Crippen LogP contribution >= 0.6 is 0 Å². The average Bonchev–Trinajstić information content (AvgIpc) is 3.45. The van der Waals surface area contributed by atoms with Crippen LogP contribution in [0.25, 0.3) is 0 Å². The summed E-state index contributed by atoms with van der Waals surface area (Å²) in [6.07, 6.45) is 1.98. The molecule has 1 atom stereocenters. The van der Waals surface area contributed by atoms with Gasteiger partial charge in [-0.1, -0.05) is 26.0 Å². The van der Waals surface area contributed by atoms with Crippen LogP contribution in [0.1, 0.15) is 38.3 Å². The van der Waals surface area contributed by atoms with Crippen molar-refractivity contribution in [3.8, 4) is 0 Å². The van der Waals surface area contributed by atoms with Crippen LogP contribution in [0.5, 0.6) is 0 Å². The fourth-order valence-electron chi connectivity index (χ4n) is 2.57. The largest absolute Gasteiger partial charge is 0.370 e. The quantitative estimate of drug-likeness (QED) is 0.694. The van der Waals surface area contributed by atoms with Gasteiger partial charge in [0.05, 0.1) is 0 Å². The SMILES string of the molecule is CC(C)C(=O)Nc1ccc(N[C@H](C(=O)NC2CC2)c2ccc(F)cc2)cc1. The fourth-order valence-corrected chi connectivity index (χ4v) is 2.57. The summed E-state index contributed by atoms with van der Waals surface area (Å²) < 4.78 is 13.2. The Morgan fingerprint density at radius 2 is 1.52 bits per heavy atom. The first-order valence-corrected chi connectivity index (χ1v) is 9.15. The van der Waals surface area contributed by atoms with E-state index in [0.29, 0.717) is 11.3 Å². The molecule has 6 heteroatoms. The number of halogens is 1. The lowest BCUT2D eigenvalue weighted by Gasteiger charge is -2.20. The second kappa shape index (κ2) is 8.20. The molecule has 0 heterocycles. The van der Waals surface area contributed by atoms with Gasteiger partial charge in [0.25, 0.3) is 0 Å². The minimum Gasteiger partial charge on any atom is -0.370 e. The highest BCUT2D eigenvalue weighted by Crippen LogP contribution is 2.25. The Morgan fingerprint density at radius 3 is 2.07 bits per heavy atom. The van der Waals surface area contributed by atoms with E-state index in [0.717, 1.165) is 18.5 Å². The molecule has 1 saturated carbocycles. The molecule has 2 amide bonds. The Hall–Kier alpha value is -2.89. The molecule has 0 bridgehead atoms. The Morgan fingerprint density at radius 1 is 0.926 bits per heavy atom. The van der Waals surface area contributed by atoms with Crippen LogP contribution in [0.2, 0.25) is 0 Å². The number of amides is 2. The molecular weight excluding hydrogens is 345 g/mol. The van der Waals surface area contributed by atoms with Gasteiger partial charge in [-0.05, 0) is 54.8 Å². The molecule has 0 radical (unpaired) electrons. The zero-order valence-electron chi connectivity index (χ0n) is 15.5. The molecule has 0 aromatic heterocycles. The summed E-state index contributed by atoms with van der Waals surface area (Å²) >= 11 is 0. The lowest BCUT2D eigenvalue weighted by Crippen LogP contribution is -2.34. The van der Waals surface area contributed by atoms with Gasteiger partial charge in [0.1, 0.15) is 11.9 Å². The summed E-state index contributed by atoms with van der Waals surface area (Å²) in [5.41, 5.74) is 2.12. The molecule has 1 aliphatic rings. The van der Waals surface area contributed by atoms with Gasteiger partial charge in [-0.3, -0.25) is 9.59 Å². The highest BCUT2D eigenvalue weighted by molar-refractivity contribution is 5.92. The van der Waals surface area contributed by atoms with Crippen molar-refractivity contribution in [3.63, 3.8) is 0 Å². The zero-order valence-corrected chi connectivity index (χ0v) is 15.5. The molecule has 3 rings (SSSR count). The number of carbonyl (C=O) groups excluding carboxylic acids is 2. The van der Waals surface area contributed by atoms with Crippen molar-refractivity contribution < 1.29 is 14.0 Å². The molecule has 0 spiro atoms. The van der Waals surface area contributed by atoms with Gasteiger partial charge in [-0.15, -0.1) is 0 Å². The van der Waals surface area contributed by atoms with Gasteiger partial charge < -0.3 is 16.0 Å². The molecule has 27 heavy (non-hydrogen) atoms. The summed E-state index contributed by atoms with van der Waals surface area (Å²) in [6, 6.07) is 12.7. The van der Waals surface area contributed by atoms with Gasteiger partial charge in [0.15, 0.2) is 0 Å². The fraction of sp³-hybridized carbons (Fsp3) is 0.333. The van der Waals surface area contributed by atoms with E-state index in [4.69, 9.17) is 0 Å². The van der Waals surface area contributed by atoms with E-state index in [9.17, 15) is 14.0 Å². The molecule has 0 aliphatic heterocycles. The normalized spacial score (nSPS) is 14.5. The number of anilines is 2. The molecule has 0 unspecified atom stereocenters. The van der Waals surface area contributed by atoms with Gasteiger partial charge in [-0.2, -0.15) is 0 Å². The minimum absolute atomic E-state index is 0.0521. The molecule has 142 valence electrons. The van der Waals surface area contributed by atoms with E-state index in [1.165, 1.54) is 12.1 Å². The van der Waals surface area contributed by atoms with Gasteiger partial charge in [0.2, 0.25) is 11.8 Å². The van der Waals surface area contributed by atoms with Crippen molar-refractivity contribution in [2.75, 3.05) is 10.6 Å². The van der Waals surface area contributed by atoms with Crippen molar-refractivity contribution >= 4 is 23.2 Å². The summed E-state index contributed by atoms with van der Waals surface area (Å²) in [5.74, 6) is -0.632. The van der Waals surface area contributed by atoms with E-state index < -0.39 is 6.04 Å². The standard InChI is InChI=1S/C21H24FN3O2/c1-13(2)20(26)24-17-9-7-16(8-10-17)23-19(21(27)25-18-11-12-18)14-3-5-15(22)6-4-14/h3-10,13,18-19,23H,11-12H2,1-2H3,(H,24,26)(H,25,27)/t19-/m0/s1. The maximum absolute atomic E-state index is 13.2. The van der Waals surface area contributed by atoms with E-state index in [1.807, 2.05) is 13.8 Å².